The number of nitro benzene ring substituents is 1. The molecule has 2 rings (SSSR count). The predicted octanol–water partition coefficient (Wildman–Crippen LogP) is 2.37. The van der Waals surface area contributed by atoms with Crippen molar-refractivity contribution in [3.05, 3.63) is 58.0 Å². The van der Waals surface area contributed by atoms with Gasteiger partial charge in [0.25, 0.3) is 5.69 Å². The van der Waals surface area contributed by atoms with E-state index >= 15 is 0 Å². The zero-order valence-corrected chi connectivity index (χ0v) is 16.4. The van der Waals surface area contributed by atoms with Crippen molar-refractivity contribution in [2.24, 2.45) is 4.99 Å². The quantitative estimate of drug-likeness (QED) is 0.171. The van der Waals surface area contributed by atoms with Crippen molar-refractivity contribution >= 4 is 17.3 Å². The van der Waals surface area contributed by atoms with E-state index in [1.54, 1.807) is 31.2 Å². The van der Waals surface area contributed by atoms with Crippen LogP contribution in [-0.2, 0) is 5.60 Å². The summed E-state index contributed by atoms with van der Waals surface area (Å²) in [5.41, 5.74) is -0.345. The Hall–Kier alpha value is -3.07. The molecule has 1 aromatic heterocycles. The fourth-order valence-electron chi connectivity index (χ4n) is 2.47. The van der Waals surface area contributed by atoms with Gasteiger partial charge in [0.05, 0.1) is 11.5 Å². The number of aliphatic imine (C=N–C) groups is 1. The Morgan fingerprint density at radius 2 is 1.93 bits per heavy atom. The zero-order valence-electron chi connectivity index (χ0n) is 16.4. The van der Waals surface area contributed by atoms with Crippen LogP contribution in [0.3, 0.4) is 0 Å². The molecule has 0 aliphatic heterocycles. The number of hydrogen-bond acceptors (Lipinski definition) is 6. The molecule has 0 aliphatic carbocycles. The van der Waals surface area contributed by atoms with Gasteiger partial charge in [0.1, 0.15) is 17.1 Å². The van der Waals surface area contributed by atoms with Gasteiger partial charge < -0.3 is 25.5 Å². The first-order valence-electron chi connectivity index (χ1n) is 9.11. The maximum absolute atomic E-state index is 10.7. The molecule has 1 unspecified atom stereocenters. The van der Waals surface area contributed by atoms with Crippen molar-refractivity contribution in [1.29, 1.82) is 0 Å². The summed E-state index contributed by atoms with van der Waals surface area (Å²) < 4.78 is 5.50. The van der Waals surface area contributed by atoms with Crippen molar-refractivity contribution in [3.8, 4) is 0 Å². The lowest BCUT2D eigenvalue weighted by molar-refractivity contribution is -0.384. The normalized spacial score (nSPS) is 13.6. The van der Waals surface area contributed by atoms with Gasteiger partial charge >= 0.3 is 0 Å². The topological polar surface area (TPSA) is 125 Å². The monoisotopic (exact) mass is 389 g/mol. The van der Waals surface area contributed by atoms with Gasteiger partial charge in [-0.2, -0.15) is 0 Å². The van der Waals surface area contributed by atoms with Crippen LogP contribution >= 0.6 is 0 Å². The van der Waals surface area contributed by atoms with Gasteiger partial charge in [0, 0.05) is 37.5 Å². The van der Waals surface area contributed by atoms with E-state index < -0.39 is 10.5 Å². The summed E-state index contributed by atoms with van der Waals surface area (Å²) in [4.78, 5) is 14.7. The van der Waals surface area contributed by atoms with Crippen LogP contribution in [0.1, 0.15) is 25.4 Å². The number of furan rings is 1. The van der Waals surface area contributed by atoms with Crippen LogP contribution in [0.2, 0.25) is 0 Å². The van der Waals surface area contributed by atoms with E-state index in [0.29, 0.717) is 31.4 Å². The predicted molar refractivity (Wildman–Crippen MR) is 109 cm³/mol. The number of rotatable bonds is 9. The lowest BCUT2D eigenvalue weighted by atomic mass is 10.0. The van der Waals surface area contributed by atoms with Crippen molar-refractivity contribution in [1.82, 2.24) is 10.6 Å². The minimum absolute atomic E-state index is 0.0593. The Morgan fingerprint density at radius 1 is 1.21 bits per heavy atom. The van der Waals surface area contributed by atoms with Crippen LogP contribution in [0.25, 0.3) is 0 Å². The maximum Gasteiger partial charge on any atom is 0.269 e. The lowest BCUT2D eigenvalue weighted by Gasteiger charge is -2.19. The molecule has 0 saturated carbocycles. The molecule has 9 heteroatoms. The van der Waals surface area contributed by atoms with Crippen molar-refractivity contribution < 1.29 is 14.4 Å². The molecule has 0 bridgehead atoms. The van der Waals surface area contributed by atoms with Crippen molar-refractivity contribution in [2.45, 2.75) is 26.4 Å². The molecule has 9 nitrogen and oxygen atoms in total. The average molecular weight is 389 g/mol. The lowest BCUT2D eigenvalue weighted by Crippen LogP contribution is -2.40. The number of nitrogens with zero attached hydrogens (tertiary/aromatic N) is 2. The second kappa shape index (κ2) is 9.75. The first-order chi connectivity index (χ1) is 13.3. The molecule has 0 saturated heterocycles. The Morgan fingerprint density at radius 3 is 2.50 bits per heavy atom. The summed E-state index contributed by atoms with van der Waals surface area (Å²) in [6.07, 6.45) is 0. The summed E-state index contributed by atoms with van der Waals surface area (Å²) in [5, 5.41) is 30.7. The second-order valence-corrected chi connectivity index (χ2v) is 6.54. The van der Waals surface area contributed by atoms with Gasteiger partial charge in [0.2, 0.25) is 0 Å². The third-order valence-electron chi connectivity index (χ3n) is 3.99. The second-order valence-electron chi connectivity index (χ2n) is 6.54. The van der Waals surface area contributed by atoms with E-state index in [2.05, 4.69) is 20.9 Å². The molecule has 0 fully saturated rings. The third-order valence-corrected chi connectivity index (χ3v) is 3.99. The summed E-state index contributed by atoms with van der Waals surface area (Å²) in [6.45, 7) is 7.44. The minimum Gasteiger partial charge on any atom is -0.463 e. The first kappa shape index (κ1) is 21.2. The number of guanidine groups is 1. The molecule has 152 valence electrons. The largest absolute Gasteiger partial charge is 0.463 e. The Balaban J connectivity index is 1.84. The smallest absolute Gasteiger partial charge is 0.269 e. The fraction of sp³-hybridized carbons (Fsp3) is 0.421. The van der Waals surface area contributed by atoms with Crippen molar-refractivity contribution in [2.75, 3.05) is 31.5 Å². The SMILES string of the molecule is CCNC(=NCC(C)(O)c1ccc(C)o1)NCCNc1ccc([N+](=O)[O-])cc1. The highest BCUT2D eigenvalue weighted by Gasteiger charge is 2.26. The molecule has 0 aliphatic rings. The van der Waals surface area contributed by atoms with Gasteiger partial charge in [-0.1, -0.05) is 0 Å². The Bertz CT molecular complexity index is 799. The number of nitro groups is 1. The van der Waals surface area contributed by atoms with E-state index in [1.165, 1.54) is 12.1 Å². The molecule has 0 radical (unpaired) electrons. The van der Waals surface area contributed by atoms with Crippen LogP contribution in [-0.4, -0.2) is 42.2 Å². The minimum atomic E-state index is -1.20. The molecule has 1 atom stereocenters. The van der Waals surface area contributed by atoms with E-state index in [0.717, 1.165) is 11.4 Å². The van der Waals surface area contributed by atoms with E-state index in [1.807, 2.05) is 13.8 Å². The number of hydrogen-bond donors (Lipinski definition) is 4. The number of aliphatic hydroxyl groups is 1. The van der Waals surface area contributed by atoms with Gasteiger partial charge in [-0.25, -0.2) is 4.99 Å². The number of aryl methyl sites for hydroxylation is 1. The van der Waals surface area contributed by atoms with Gasteiger partial charge in [-0.15, -0.1) is 0 Å². The van der Waals surface area contributed by atoms with E-state index in [9.17, 15) is 15.2 Å². The van der Waals surface area contributed by atoms with Crippen LogP contribution < -0.4 is 16.0 Å². The first-order valence-corrected chi connectivity index (χ1v) is 9.11. The number of non-ortho nitro benzene ring substituents is 1. The van der Waals surface area contributed by atoms with Crippen LogP contribution in [0.5, 0.6) is 0 Å². The maximum atomic E-state index is 10.7. The molecule has 1 heterocycles. The van der Waals surface area contributed by atoms with Crippen molar-refractivity contribution in [3.63, 3.8) is 0 Å². The fourth-order valence-corrected chi connectivity index (χ4v) is 2.47. The van der Waals surface area contributed by atoms with E-state index in [-0.39, 0.29) is 12.2 Å². The molecule has 28 heavy (non-hydrogen) atoms. The highest BCUT2D eigenvalue weighted by atomic mass is 16.6. The molecular formula is C19H27N5O4. The Kier molecular flexibility index (Phi) is 7.39. The summed E-state index contributed by atoms with van der Waals surface area (Å²) in [7, 11) is 0. The number of nitrogens with one attached hydrogen (secondary N) is 3. The Labute approximate surface area is 164 Å². The number of anilines is 1. The summed E-state index contributed by atoms with van der Waals surface area (Å²) in [5.74, 6) is 1.79. The molecule has 0 spiro atoms. The van der Waals surface area contributed by atoms with Crippen LogP contribution in [0.15, 0.2) is 45.8 Å². The highest BCUT2D eigenvalue weighted by molar-refractivity contribution is 5.79. The van der Waals surface area contributed by atoms with Gasteiger partial charge in [-0.05, 0) is 45.0 Å². The molecule has 0 amide bonds. The average Bonchev–Trinajstić information content (AvgIpc) is 3.11. The third kappa shape index (κ3) is 6.27. The van der Waals surface area contributed by atoms with Gasteiger partial charge in [-0.3, -0.25) is 10.1 Å². The molecule has 2 aromatic rings. The standard InChI is InChI=1S/C19H27N5O4/c1-4-20-18(23-13-19(3,25)17-10-5-14(2)28-17)22-12-11-21-15-6-8-16(9-7-15)24(26)27/h5-10,21,25H,4,11-13H2,1-3H3,(H2,20,22,23). The zero-order chi connectivity index (χ0) is 20.6. The van der Waals surface area contributed by atoms with Crippen LogP contribution in [0.4, 0.5) is 11.4 Å². The van der Waals surface area contributed by atoms with Crippen LogP contribution in [0, 0.1) is 17.0 Å². The molecule has 1 aromatic carbocycles. The summed E-state index contributed by atoms with van der Waals surface area (Å²) >= 11 is 0. The summed E-state index contributed by atoms with van der Waals surface area (Å²) in [6, 6.07) is 9.81. The molecule has 4 N–H and O–H groups in total. The van der Waals surface area contributed by atoms with Gasteiger partial charge in [0.15, 0.2) is 5.96 Å². The van der Waals surface area contributed by atoms with E-state index in [4.69, 9.17) is 4.42 Å². The molecular weight excluding hydrogens is 362 g/mol. The highest BCUT2D eigenvalue weighted by Crippen LogP contribution is 2.23. The number of benzene rings is 1.